The Hall–Kier alpha value is -2.48. The Kier molecular flexibility index (Phi) is 5.80. The van der Waals surface area contributed by atoms with Crippen LogP contribution in [-0.2, 0) is 18.2 Å². The number of nitrogens with one attached hydrogen (secondary N) is 1. The highest BCUT2D eigenvalue weighted by atomic mass is 32.4. The number of benzene rings is 3. The molecular weight excluding hydrogens is 393 g/mol. The predicted molar refractivity (Wildman–Crippen MR) is 129 cm³/mol. The summed E-state index contributed by atoms with van der Waals surface area (Å²) in [7, 11) is 0. The van der Waals surface area contributed by atoms with E-state index in [0.717, 1.165) is 46.3 Å². The lowest BCUT2D eigenvalue weighted by Crippen LogP contribution is -2.31. The first-order chi connectivity index (χ1) is 14.2. The number of aryl methyl sites for hydroxylation is 1. The highest BCUT2D eigenvalue weighted by Crippen LogP contribution is 2.45. The van der Waals surface area contributed by atoms with Gasteiger partial charge in [0.05, 0.1) is 0 Å². The van der Waals surface area contributed by atoms with Crippen LogP contribution in [0.2, 0.25) is 0 Å². The third kappa shape index (κ3) is 3.61. The van der Waals surface area contributed by atoms with E-state index in [1.54, 1.807) is 0 Å². The third-order valence-corrected chi connectivity index (χ3v) is 10.3. The average Bonchev–Trinajstić information content (AvgIpc) is 2.78. The summed E-state index contributed by atoms with van der Waals surface area (Å²) in [5.74, 6) is 0. The largest absolute Gasteiger partial charge is 0.325 e. The number of hydrogen-bond donors (Lipinski definition) is 1. The molecule has 4 rings (SSSR count). The van der Waals surface area contributed by atoms with Gasteiger partial charge in [-0.1, -0.05) is 104 Å². The van der Waals surface area contributed by atoms with Crippen molar-refractivity contribution in [3.05, 3.63) is 101 Å². The van der Waals surface area contributed by atoms with Gasteiger partial charge in [-0.25, -0.2) is 0 Å². The molecule has 0 aliphatic carbocycles. The minimum atomic E-state index is -2.36. The lowest BCUT2D eigenvalue weighted by Gasteiger charge is -2.27. The molecule has 0 radical (unpaired) electrons. The molecule has 1 aromatic heterocycles. The third-order valence-electron chi connectivity index (χ3n) is 5.31. The van der Waals surface area contributed by atoms with Crippen molar-refractivity contribution < 1.29 is 0 Å². The van der Waals surface area contributed by atoms with Crippen LogP contribution in [0.25, 0.3) is 10.8 Å². The molecule has 0 spiro atoms. The fourth-order valence-corrected chi connectivity index (χ4v) is 8.33. The molecule has 1 N–H and O–H groups in total. The minimum Gasteiger partial charge on any atom is -0.325 e. The molecule has 0 fully saturated rings. The molecule has 0 aliphatic rings. The van der Waals surface area contributed by atoms with Gasteiger partial charge in [0.2, 0.25) is 0 Å². The smallest absolute Gasteiger partial charge is 0.256 e. The Morgan fingerprint density at radius 2 is 1.31 bits per heavy atom. The summed E-state index contributed by atoms with van der Waals surface area (Å²) in [5, 5.41) is 5.13. The van der Waals surface area contributed by atoms with E-state index in [-0.39, 0.29) is 5.56 Å². The molecular formula is C25H24NOPS. The second-order valence-electron chi connectivity index (χ2n) is 7.21. The second kappa shape index (κ2) is 8.49. The van der Waals surface area contributed by atoms with Crippen molar-refractivity contribution in [1.82, 2.24) is 4.98 Å². The highest BCUT2D eigenvalue weighted by molar-refractivity contribution is 8.25. The monoisotopic (exact) mass is 417 g/mol. The summed E-state index contributed by atoms with van der Waals surface area (Å²) in [6, 6.07) is 26.3. The summed E-state index contributed by atoms with van der Waals surface area (Å²) in [6.07, 6.45) is 2.90. The quantitative estimate of drug-likeness (QED) is 0.464. The molecule has 0 unspecified atom stereocenters. The first-order valence-electron chi connectivity index (χ1n) is 10.0. The van der Waals surface area contributed by atoms with Gasteiger partial charge in [-0.2, -0.15) is 0 Å². The molecule has 0 amide bonds. The van der Waals surface area contributed by atoms with Crippen LogP contribution in [0.5, 0.6) is 0 Å². The summed E-state index contributed by atoms with van der Waals surface area (Å²) in [5.41, 5.74) is 0.963. The number of pyridine rings is 1. The number of unbranched alkanes of at least 4 members (excludes halogenated alkanes) is 1. The first kappa shape index (κ1) is 19.8. The number of H-pyrrole nitrogens is 1. The Labute approximate surface area is 176 Å². The van der Waals surface area contributed by atoms with E-state index in [9.17, 15) is 4.79 Å². The van der Waals surface area contributed by atoms with Crippen LogP contribution in [0.15, 0.2) is 89.7 Å². The van der Waals surface area contributed by atoms with Gasteiger partial charge in [0.15, 0.2) is 0 Å². The van der Waals surface area contributed by atoms with Crippen LogP contribution >= 0.6 is 6.04 Å². The van der Waals surface area contributed by atoms with Gasteiger partial charge in [0.1, 0.15) is 0 Å². The number of aromatic nitrogens is 1. The summed E-state index contributed by atoms with van der Waals surface area (Å²) >= 11 is 6.60. The topological polar surface area (TPSA) is 32.9 Å². The molecule has 0 atom stereocenters. The summed E-state index contributed by atoms with van der Waals surface area (Å²) in [4.78, 5) is 16.0. The first-order valence-corrected chi connectivity index (χ1v) is 12.8. The van der Waals surface area contributed by atoms with Crippen molar-refractivity contribution in [2.24, 2.45) is 0 Å². The average molecular weight is 418 g/mol. The van der Waals surface area contributed by atoms with Crippen molar-refractivity contribution >= 4 is 44.5 Å². The lowest BCUT2D eigenvalue weighted by molar-refractivity contribution is 0.779. The Morgan fingerprint density at radius 3 is 1.86 bits per heavy atom. The SMILES string of the molecule is CCCCc1[nH]c(=O)c2ccccc2c1P(=S)(c1ccccc1)c1ccccc1. The van der Waals surface area contributed by atoms with Gasteiger partial charge in [-0.3, -0.25) is 4.79 Å². The molecule has 2 nitrogen and oxygen atoms in total. The van der Waals surface area contributed by atoms with Gasteiger partial charge in [0.25, 0.3) is 5.56 Å². The van der Waals surface area contributed by atoms with Crippen LogP contribution in [0.3, 0.4) is 0 Å². The van der Waals surface area contributed by atoms with Crippen LogP contribution in [0.4, 0.5) is 0 Å². The summed E-state index contributed by atoms with van der Waals surface area (Å²) in [6.45, 7) is 2.17. The summed E-state index contributed by atoms with van der Waals surface area (Å²) < 4.78 is 0. The normalized spacial score (nSPS) is 11.6. The van der Waals surface area contributed by atoms with Crippen LogP contribution in [0, 0.1) is 0 Å². The van der Waals surface area contributed by atoms with Crippen molar-refractivity contribution in [2.75, 3.05) is 0 Å². The standard InChI is InChI=1S/C25H24NOPS/c1-2-3-18-23-24(21-16-10-11-17-22(21)25(27)26-23)28(29,19-12-6-4-7-13-19)20-14-8-5-9-15-20/h4-17H,2-3,18H2,1H3,(H,26,27). The molecule has 1 heterocycles. The molecule has 4 aromatic rings. The van der Waals surface area contributed by atoms with Crippen molar-refractivity contribution in [3.8, 4) is 0 Å². The molecule has 0 bridgehead atoms. The fraction of sp³-hybridized carbons (Fsp3) is 0.160. The molecule has 29 heavy (non-hydrogen) atoms. The molecule has 4 heteroatoms. The van der Waals surface area contributed by atoms with E-state index in [1.807, 2.05) is 30.3 Å². The van der Waals surface area contributed by atoms with Gasteiger partial charge in [0, 0.05) is 22.4 Å². The van der Waals surface area contributed by atoms with E-state index >= 15 is 0 Å². The van der Waals surface area contributed by atoms with Crippen LogP contribution in [0.1, 0.15) is 25.5 Å². The zero-order valence-electron chi connectivity index (χ0n) is 16.5. The van der Waals surface area contributed by atoms with E-state index in [1.165, 1.54) is 0 Å². The zero-order chi connectivity index (χ0) is 20.3. The number of aromatic amines is 1. The molecule has 0 aliphatic heterocycles. The fourth-order valence-electron chi connectivity index (χ4n) is 3.89. The number of rotatable bonds is 6. The van der Waals surface area contributed by atoms with E-state index < -0.39 is 6.04 Å². The molecule has 3 aromatic carbocycles. The lowest BCUT2D eigenvalue weighted by atomic mass is 10.1. The molecule has 0 saturated carbocycles. The van der Waals surface area contributed by atoms with Gasteiger partial charge in [-0.05, 0) is 34.9 Å². The number of hydrogen-bond acceptors (Lipinski definition) is 2. The van der Waals surface area contributed by atoms with Gasteiger partial charge in [-0.15, -0.1) is 0 Å². The van der Waals surface area contributed by atoms with Crippen molar-refractivity contribution in [2.45, 2.75) is 26.2 Å². The predicted octanol–water partition coefficient (Wildman–Crippen LogP) is 4.63. The zero-order valence-corrected chi connectivity index (χ0v) is 18.2. The maximum absolute atomic E-state index is 12.8. The molecule has 0 saturated heterocycles. The van der Waals surface area contributed by atoms with E-state index in [2.05, 4.69) is 66.5 Å². The highest BCUT2D eigenvalue weighted by Gasteiger charge is 2.30. The van der Waals surface area contributed by atoms with Gasteiger partial charge < -0.3 is 4.98 Å². The van der Waals surface area contributed by atoms with Crippen LogP contribution < -0.4 is 21.5 Å². The molecule has 146 valence electrons. The maximum atomic E-state index is 12.8. The Morgan fingerprint density at radius 1 is 0.793 bits per heavy atom. The van der Waals surface area contributed by atoms with Crippen molar-refractivity contribution in [1.29, 1.82) is 0 Å². The minimum absolute atomic E-state index is 0.0295. The van der Waals surface area contributed by atoms with Crippen LogP contribution in [-0.4, -0.2) is 4.98 Å². The van der Waals surface area contributed by atoms with E-state index in [4.69, 9.17) is 11.8 Å². The number of fused-ring (bicyclic) bond motifs is 1. The van der Waals surface area contributed by atoms with E-state index in [0.29, 0.717) is 5.39 Å². The second-order valence-corrected chi connectivity index (χ2v) is 11.6. The Balaban J connectivity index is 2.15. The Bertz CT molecular complexity index is 1190. The maximum Gasteiger partial charge on any atom is 0.256 e. The van der Waals surface area contributed by atoms with Gasteiger partial charge >= 0.3 is 0 Å². The van der Waals surface area contributed by atoms with Crippen molar-refractivity contribution in [3.63, 3.8) is 0 Å².